The van der Waals surface area contributed by atoms with E-state index in [0.29, 0.717) is 5.56 Å². The molecule has 4 amide bonds. The quantitative estimate of drug-likeness (QED) is 0.650. The van der Waals surface area contributed by atoms with E-state index in [0.717, 1.165) is 16.5 Å². The first-order valence-electron chi connectivity index (χ1n) is 8.44. The molecule has 1 N–H and O–H groups in total. The molecule has 0 atom stereocenters. The largest absolute Gasteiger partial charge is 0.335 e. The second-order valence-electron chi connectivity index (χ2n) is 7.31. The highest BCUT2D eigenvalue weighted by Gasteiger charge is 2.36. The van der Waals surface area contributed by atoms with E-state index in [1.54, 1.807) is 12.1 Å². The second-order valence-corrected chi connectivity index (χ2v) is 7.31. The maximum atomic E-state index is 13.5. The van der Waals surface area contributed by atoms with Crippen molar-refractivity contribution >= 4 is 29.6 Å². The minimum Gasteiger partial charge on any atom is -0.273 e. The Morgan fingerprint density at radius 1 is 1.00 bits per heavy atom. The molecular formula is C21H19FN2O3. The summed E-state index contributed by atoms with van der Waals surface area (Å²) in [6.45, 7) is 6.25. The number of amides is 4. The second kappa shape index (κ2) is 6.79. The monoisotopic (exact) mass is 366 g/mol. The van der Waals surface area contributed by atoms with Crippen molar-refractivity contribution in [1.29, 1.82) is 0 Å². The zero-order valence-electron chi connectivity index (χ0n) is 15.2. The van der Waals surface area contributed by atoms with Gasteiger partial charge in [-0.25, -0.2) is 14.1 Å². The lowest BCUT2D eigenvalue weighted by molar-refractivity contribution is -0.122. The molecule has 1 aliphatic heterocycles. The van der Waals surface area contributed by atoms with Gasteiger partial charge in [0.15, 0.2) is 0 Å². The SMILES string of the molecule is CC(C)(C)c1ccc(/C=C2\C(=O)NC(=O)N(c3cccc(F)c3)C2=O)cc1. The number of urea groups is 1. The van der Waals surface area contributed by atoms with Crippen molar-refractivity contribution in [3.05, 3.63) is 71.0 Å². The van der Waals surface area contributed by atoms with Gasteiger partial charge in [-0.2, -0.15) is 0 Å². The fourth-order valence-electron chi connectivity index (χ4n) is 2.75. The molecule has 0 saturated carbocycles. The Balaban J connectivity index is 1.97. The lowest BCUT2D eigenvalue weighted by Gasteiger charge is -2.26. The number of carbonyl (C=O) groups is 3. The molecule has 138 valence electrons. The molecule has 3 rings (SSSR count). The molecule has 1 heterocycles. The number of rotatable bonds is 2. The summed E-state index contributed by atoms with van der Waals surface area (Å²) >= 11 is 0. The van der Waals surface area contributed by atoms with Gasteiger partial charge < -0.3 is 0 Å². The molecule has 6 heteroatoms. The first-order chi connectivity index (χ1) is 12.7. The van der Waals surface area contributed by atoms with Gasteiger partial charge in [-0.15, -0.1) is 0 Å². The molecule has 2 aromatic carbocycles. The molecule has 0 aromatic heterocycles. The topological polar surface area (TPSA) is 66.5 Å². The van der Waals surface area contributed by atoms with Crippen molar-refractivity contribution in [2.24, 2.45) is 0 Å². The average Bonchev–Trinajstić information content (AvgIpc) is 2.58. The van der Waals surface area contributed by atoms with E-state index < -0.39 is 23.7 Å². The molecule has 1 saturated heterocycles. The third-order valence-electron chi connectivity index (χ3n) is 4.26. The number of halogens is 1. The average molecular weight is 366 g/mol. The summed E-state index contributed by atoms with van der Waals surface area (Å²) < 4.78 is 13.5. The van der Waals surface area contributed by atoms with Crippen LogP contribution in [0.4, 0.5) is 14.9 Å². The first-order valence-corrected chi connectivity index (χ1v) is 8.44. The van der Waals surface area contributed by atoms with Crippen molar-refractivity contribution in [3.8, 4) is 0 Å². The van der Waals surface area contributed by atoms with Crippen molar-refractivity contribution in [1.82, 2.24) is 5.32 Å². The molecule has 0 aliphatic carbocycles. The Morgan fingerprint density at radius 3 is 2.26 bits per heavy atom. The van der Waals surface area contributed by atoms with E-state index in [4.69, 9.17) is 0 Å². The van der Waals surface area contributed by atoms with Gasteiger partial charge >= 0.3 is 6.03 Å². The number of hydrogen-bond acceptors (Lipinski definition) is 3. The van der Waals surface area contributed by atoms with Crippen LogP contribution < -0.4 is 10.2 Å². The summed E-state index contributed by atoms with van der Waals surface area (Å²) in [4.78, 5) is 37.8. The number of carbonyl (C=O) groups excluding carboxylic acids is 3. The third kappa shape index (κ3) is 3.79. The van der Waals surface area contributed by atoms with Gasteiger partial charge in [-0.3, -0.25) is 14.9 Å². The van der Waals surface area contributed by atoms with Gasteiger partial charge in [0.1, 0.15) is 11.4 Å². The lowest BCUT2D eigenvalue weighted by Crippen LogP contribution is -2.54. The maximum Gasteiger partial charge on any atom is 0.335 e. The molecule has 2 aromatic rings. The number of hydrogen-bond donors (Lipinski definition) is 1. The normalized spacial score (nSPS) is 16.7. The molecule has 1 aliphatic rings. The van der Waals surface area contributed by atoms with Crippen LogP contribution in [-0.4, -0.2) is 17.8 Å². The third-order valence-corrected chi connectivity index (χ3v) is 4.26. The molecule has 0 bridgehead atoms. The predicted molar refractivity (Wildman–Crippen MR) is 101 cm³/mol. The molecule has 0 radical (unpaired) electrons. The molecular weight excluding hydrogens is 347 g/mol. The summed E-state index contributed by atoms with van der Waals surface area (Å²) in [5.74, 6) is -2.17. The summed E-state index contributed by atoms with van der Waals surface area (Å²) in [6, 6.07) is 11.6. The number of barbiturate groups is 1. The molecule has 27 heavy (non-hydrogen) atoms. The van der Waals surface area contributed by atoms with E-state index in [9.17, 15) is 18.8 Å². The van der Waals surface area contributed by atoms with Gasteiger partial charge in [-0.1, -0.05) is 51.1 Å². The van der Waals surface area contributed by atoms with Gasteiger partial charge in [0.25, 0.3) is 11.8 Å². The standard InChI is InChI=1S/C21H19FN2O3/c1-21(2,3)14-9-7-13(8-10-14)11-17-18(25)23-20(27)24(19(17)26)16-6-4-5-15(22)12-16/h4-12H,1-3H3,(H,23,25,27)/b17-11+. The van der Waals surface area contributed by atoms with Gasteiger partial charge in [-0.05, 0) is 40.8 Å². The highest BCUT2D eigenvalue weighted by molar-refractivity contribution is 6.39. The number of nitrogens with one attached hydrogen (secondary N) is 1. The van der Waals surface area contributed by atoms with E-state index in [1.165, 1.54) is 24.3 Å². The minimum atomic E-state index is -0.907. The van der Waals surface area contributed by atoms with Crippen molar-refractivity contribution < 1.29 is 18.8 Å². The molecule has 1 fully saturated rings. The smallest absolute Gasteiger partial charge is 0.273 e. The van der Waals surface area contributed by atoms with Crippen LogP contribution in [0.15, 0.2) is 54.1 Å². The van der Waals surface area contributed by atoms with Gasteiger partial charge in [0.05, 0.1) is 5.69 Å². The van der Waals surface area contributed by atoms with Crippen molar-refractivity contribution in [2.45, 2.75) is 26.2 Å². The van der Waals surface area contributed by atoms with Crippen LogP contribution in [0.5, 0.6) is 0 Å². The summed E-state index contributed by atoms with van der Waals surface area (Å²) in [6.07, 6.45) is 1.42. The molecule has 5 nitrogen and oxygen atoms in total. The molecule has 0 unspecified atom stereocenters. The van der Waals surface area contributed by atoms with Crippen LogP contribution >= 0.6 is 0 Å². The van der Waals surface area contributed by atoms with Crippen LogP contribution in [0, 0.1) is 5.82 Å². The Hall–Kier alpha value is -3.28. The Bertz CT molecular complexity index is 956. The number of nitrogens with zero attached hydrogens (tertiary/aromatic N) is 1. The zero-order chi connectivity index (χ0) is 19.8. The number of benzene rings is 2. The highest BCUT2D eigenvalue weighted by Crippen LogP contribution is 2.25. The van der Waals surface area contributed by atoms with Crippen LogP contribution in [0.3, 0.4) is 0 Å². The Morgan fingerprint density at radius 2 is 1.67 bits per heavy atom. The fraction of sp³-hybridized carbons (Fsp3) is 0.190. The van der Waals surface area contributed by atoms with Gasteiger partial charge in [0.2, 0.25) is 0 Å². The van der Waals surface area contributed by atoms with E-state index in [-0.39, 0.29) is 16.7 Å². The minimum absolute atomic E-state index is 0.0235. The van der Waals surface area contributed by atoms with Crippen LogP contribution in [0.25, 0.3) is 6.08 Å². The lowest BCUT2D eigenvalue weighted by atomic mass is 9.86. The van der Waals surface area contributed by atoms with E-state index in [1.807, 2.05) is 12.1 Å². The summed E-state index contributed by atoms with van der Waals surface area (Å²) in [5.41, 5.74) is 1.60. The van der Waals surface area contributed by atoms with Crippen LogP contribution in [-0.2, 0) is 15.0 Å². The Kier molecular flexibility index (Phi) is 4.66. The van der Waals surface area contributed by atoms with Gasteiger partial charge in [0, 0.05) is 0 Å². The first kappa shape index (κ1) is 18.5. The molecule has 0 spiro atoms. The Labute approximate surface area is 156 Å². The number of anilines is 1. The summed E-state index contributed by atoms with van der Waals surface area (Å²) in [5, 5.41) is 2.12. The van der Waals surface area contributed by atoms with E-state index in [2.05, 4.69) is 26.1 Å². The number of imide groups is 2. The van der Waals surface area contributed by atoms with E-state index >= 15 is 0 Å². The van der Waals surface area contributed by atoms with Crippen LogP contribution in [0.2, 0.25) is 0 Å². The van der Waals surface area contributed by atoms with Crippen LogP contribution in [0.1, 0.15) is 31.9 Å². The maximum absolute atomic E-state index is 13.5. The van der Waals surface area contributed by atoms with Crippen molar-refractivity contribution in [3.63, 3.8) is 0 Å². The van der Waals surface area contributed by atoms with Crippen molar-refractivity contribution in [2.75, 3.05) is 4.90 Å². The fourth-order valence-corrected chi connectivity index (χ4v) is 2.75. The summed E-state index contributed by atoms with van der Waals surface area (Å²) in [7, 11) is 0. The highest BCUT2D eigenvalue weighted by atomic mass is 19.1. The zero-order valence-corrected chi connectivity index (χ0v) is 15.2. The predicted octanol–water partition coefficient (Wildman–Crippen LogP) is 3.79.